The van der Waals surface area contributed by atoms with Crippen LogP contribution in [0.5, 0.6) is 17.2 Å². The SMILES string of the molecule is COc1cc(OCc2ccc3ccccc3c2)c2c(c1OC)[C@]13CCN(C)[C@H](C2)[C@@H]1CCC(=O)C3.Cl. The number of benzene rings is 3. The van der Waals surface area contributed by atoms with Crippen molar-refractivity contribution in [3.8, 4) is 17.2 Å². The van der Waals surface area contributed by atoms with E-state index in [-0.39, 0.29) is 17.8 Å². The molecule has 3 aromatic carbocycles. The van der Waals surface area contributed by atoms with Crippen LogP contribution >= 0.6 is 12.4 Å². The number of ether oxygens (including phenoxy) is 3. The van der Waals surface area contributed by atoms with Gasteiger partial charge in [0.15, 0.2) is 11.5 Å². The normalized spacial score (nSPS) is 24.9. The summed E-state index contributed by atoms with van der Waals surface area (Å²) in [6.07, 6.45) is 4.07. The van der Waals surface area contributed by atoms with Crippen LogP contribution in [-0.4, -0.2) is 44.5 Å². The second-order valence-electron chi connectivity index (χ2n) is 10.5. The molecule has 0 N–H and O–H groups in total. The highest BCUT2D eigenvalue weighted by Gasteiger charge is 2.57. The Balaban J connectivity index is 0.00000267. The third-order valence-corrected chi connectivity index (χ3v) is 8.75. The molecule has 190 valence electrons. The van der Waals surface area contributed by atoms with E-state index in [2.05, 4.69) is 54.4 Å². The van der Waals surface area contributed by atoms with Crippen molar-refractivity contribution in [2.75, 3.05) is 27.8 Å². The number of piperidine rings is 1. The Labute approximate surface area is 219 Å². The minimum atomic E-state index is -0.207. The fourth-order valence-corrected chi connectivity index (χ4v) is 7.11. The molecule has 5 nitrogen and oxygen atoms in total. The van der Waals surface area contributed by atoms with Crippen LogP contribution in [0.3, 0.4) is 0 Å². The molecule has 0 spiro atoms. The summed E-state index contributed by atoms with van der Waals surface area (Å²) in [5.74, 6) is 3.12. The number of methoxy groups -OCH3 is 2. The molecule has 6 heteroatoms. The summed E-state index contributed by atoms with van der Waals surface area (Å²) in [7, 11) is 5.62. The van der Waals surface area contributed by atoms with Crippen molar-refractivity contribution in [2.24, 2.45) is 5.92 Å². The molecular weight excluding hydrogens is 474 g/mol. The van der Waals surface area contributed by atoms with Gasteiger partial charge in [0.1, 0.15) is 18.1 Å². The first-order chi connectivity index (χ1) is 17.0. The van der Waals surface area contributed by atoms with Gasteiger partial charge in [0.25, 0.3) is 0 Å². The number of carbonyl (C=O) groups is 1. The highest BCUT2D eigenvalue weighted by atomic mass is 35.5. The van der Waals surface area contributed by atoms with E-state index < -0.39 is 0 Å². The Morgan fingerprint density at radius 2 is 1.83 bits per heavy atom. The molecule has 3 aliphatic rings. The number of fused-ring (bicyclic) bond motifs is 2. The van der Waals surface area contributed by atoms with Gasteiger partial charge in [0.05, 0.1) is 14.2 Å². The molecule has 6 rings (SSSR count). The molecule has 2 fully saturated rings. The summed E-state index contributed by atoms with van der Waals surface area (Å²) in [4.78, 5) is 15.3. The summed E-state index contributed by atoms with van der Waals surface area (Å²) in [6, 6.07) is 17.2. The number of halogens is 1. The second kappa shape index (κ2) is 9.60. The molecule has 0 radical (unpaired) electrons. The number of rotatable bonds is 5. The number of carbonyl (C=O) groups excluding carboxylic acids is 1. The van der Waals surface area contributed by atoms with Crippen LogP contribution < -0.4 is 14.2 Å². The number of hydrogen-bond donors (Lipinski definition) is 0. The molecule has 2 aliphatic carbocycles. The molecule has 1 saturated heterocycles. The zero-order valence-corrected chi connectivity index (χ0v) is 22.0. The Morgan fingerprint density at radius 3 is 2.61 bits per heavy atom. The zero-order valence-electron chi connectivity index (χ0n) is 21.2. The molecule has 0 amide bonds. The number of likely N-dealkylation sites (N-methyl/N-ethyl adjacent to an activating group) is 1. The lowest BCUT2D eigenvalue weighted by Crippen LogP contribution is -2.61. The van der Waals surface area contributed by atoms with E-state index >= 15 is 0 Å². The lowest BCUT2D eigenvalue weighted by molar-refractivity contribution is -0.127. The number of ketones is 1. The summed E-state index contributed by atoms with van der Waals surface area (Å²) in [5.41, 5.74) is 3.27. The molecule has 0 unspecified atom stereocenters. The lowest BCUT2D eigenvalue weighted by Gasteiger charge is -2.58. The van der Waals surface area contributed by atoms with Gasteiger partial charge in [0, 0.05) is 41.5 Å². The van der Waals surface area contributed by atoms with Crippen molar-refractivity contribution in [1.82, 2.24) is 4.90 Å². The maximum atomic E-state index is 12.8. The van der Waals surface area contributed by atoms with Crippen LogP contribution in [0.4, 0.5) is 0 Å². The average molecular weight is 508 g/mol. The fraction of sp³-hybridized carbons (Fsp3) is 0.433. The van der Waals surface area contributed by atoms with Crippen molar-refractivity contribution in [2.45, 2.75) is 50.2 Å². The van der Waals surface area contributed by atoms with Crippen molar-refractivity contribution < 1.29 is 19.0 Å². The van der Waals surface area contributed by atoms with E-state index in [0.29, 0.717) is 42.9 Å². The van der Waals surface area contributed by atoms with Gasteiger partial charge in [-0.05, 0) is 61.2 Å². The summed E-state index contributed by atoms with van der Waals surface area (Å²) in [5, 5.41) is 2.43. The smallest absolute Gasteiger partial charge is 0.165 e. The second-order valence-corrected chi connectivity index (χ2v) is 10.5. The van der Waals surface area contributed by atoms with Gasteiger partial charge in [-0.1, -0.05) is 36.4 Å². The third kappa shape index (κ3) is 3.84. The van der Waals surface area contributed by atoms with Gasteiger partial charge in [-0.25, -0.2) is 0 Å². The third-order valence-electron chi connectivity index (χ3n) is 8.75. The topological polar surface area (TPSA) is 48.0 Å². The zero-order chi connectivity index (χ0) is 24.2. The van der Waals surface area contributed by atoms with Gasteiger partial charge in [0.2, 0.25) is 0 Å². The van der Waals surface area contributed by atoms with Crippen LogP contribution in [0.15, 0.2) is 48.5 Å². The molecule has 2 bridgehead atoms. The average Bonchev–Trinajstić information content (AvgIpc) is 2.88. The van der Waals surface area contributed by atoms with E-state index in [0.717, 1.165) is 48.4 Å². The molecular formula is C30H34ClNO4. The Bertz CT molecular complexity index is 1310. The highest BCUT2D eigenvalue weighted by Crippen LogP contribution is 2.60. The fourth-order valence-electron chi connectivity index (χ4n) is 7.11. The number of nitrogens with zero attached hydrogens (tertiary/aromatic N) is 1. The quantitative estimate of drug-likeness (QED) is 0.441. The lowest BCUT2D eigenvalue weighted by atomic mass is 9.52. The highest BCUT2D eigenvalue weighted by molar-refractivity contribution is 5.85. The van der Waals surface area contributed by atoms with Crippen molar-refractivity contribution in [1.29, 1.82) is 0 Å². The molecule has 36 heavy (non-hydrogen) atoms. The first kappa shape index (κ1) is 24.9. The van der Waals surface area contributed by atoms with Gasteiger partial charge < -0.3 is 19.1 Å². The Morgan fingerprint density at radius 1 is 1.03 bits per heavy atom. The van der Waals surface area contributed by atoms with Crippen LogP contribution in [0.1, 0.15) is 42.4 Å². The van der Waals surface area contributed by atoms with Crippen molar-refractivity contribution >= 4 is 29.0 Å². The van der Waals surface area contributed by atoms with Crippen LogP contribution in [-0.2, 0) is 23.2 Å². The molecule has 1 saturated carbocycles. The molecule has 3 atom stereocenters. The first-order valence-corrected chi connectivity index (χ1v) is 12.6. The standard InChI is InChI=1S/C30H33NO4.ClH/c1-31-13-12-30-17-22(32)10-11-24(30)25(31)15-23-26(16-27(33-2)29(34-3)28(23)30)35-18-19-8-9-20-6-4-5-7-21(20)14-19;/h4-9,14,16,24-25H,10-13,15,17-18H2,1-3H3;1H/t24-,25+,30-;/m0./s1. The van der Waals surface area contributed by atoms with Crippen LogP contribution in [0.2, 0.25) is 0 Å². The molecule has 3 aromatic rings. The van der Waals surface area contributed by atoms with Crippen molar-refractivity contribution in [3.63, 3.8) is 0 Å². The largest absolute Gasteiger partial charge is 0.493 e. The van der Waals surface area contributed by atoms with Gasteiger partial charge >= 0.3 is 0 Å². The summed E-state index contributed by atoms with van der Waals surface area (Å²) >= 11 is 0. The van der Waals surface area contributed by atoms with E-state index in [4.69, 9.17) is 14.2 Å². The summed E-state index contributed by atoms with van der Waals surface area (Å²) in [6.45, 7) is 1.46. The van der Waals surface area contributed by atoms with Gasteiger partial charge in [-0.15, -0.1) is 12.4 Å². The minimum absolute atomic E-state index is 0. The minimum Gasteiger partial charge on any atom is -0.493 e. The van der Waals surface area contributed by atoms with E-state index in [1.807, 2.05) is 6.07 Å². The predicted octanol–water partition coefficient (Wildman–Crippen LogP) is 5.73. The molecule has 0 aromatic heterocycles. The van der Waals surface area contributed by atoms with E-state index in [9.17, 15) is 4.79 Å². The number of Topliss-reactive ketones (excluding diaryl/α,β-unsaturated/α-hetero) is 1. The Hall–Kier alpha value is -2.76. The summed E-state index contributed by atoms with van der Waals surface area (Å²) < 4.78 is 18.4. The van der Waals surface area contributed by atoms with Crippen molar-refractivity contribution in [3.05, 3.63) is 65.2 Å². The number of hydrogen-bond acceptors (Lipinski definition) is 5. The van der Waals surface area contributed by atoms with Crippen LogP contribution in [0, 0.1) is 5.92 Å². The monoisotopic (exact) mass is 507 g/mol. The first-order valence-electron chi connectivity index (χ1n) is 12.6. The van der Waals surface area contributed by atoms with E-state index in [1.165, 1.54) is 16.3 Å². The predicted molar refractivity (Wildman–Crippen MR) is 144 cm³/mol. The Kier molecular flexibility index (Phi) is 6.65. The van der Waals surface area contributed by atoms with Crippen LogP contribution in [0.25, 0.3) is 10.8 Å². The van der Waals surface area contributed by atoms with E-state index in [1.54, 1.807) is 14.2 Å². The maximum absolute atomic E-state index is 12.8. The van der Waals surface area contributed by atoms with Gasteiger partial charge in [-0.3, -0.25) is 4.79 Å². The molecule has 1 aliphatic heterocycles. The number of likely N-dealkylation sites (tertiary alicyclic amines) is 1. The van der Waals surface area contributed by atoms with Gasteiger partial charge in [-0.2, -0.15) is 0 Å². The maximum Gasteiger partial charge on any atom is 0.165 e. The molecule has 1 heterocycles.